The number of carbonyl (C=O) groups excluding carboxylic acids is 1. The number of quaternary nitrogens is 1. The third-order valence-corrected chi connectivity index (χ3v) is 6.93. The minimum Gasteiger partial charge on any atom is -0.335 e. The Morgan fingerprint density at radius 1 is 1.10 bits per heavy atom. The summed E-state index contributed by atoms with van der Waals surface area (Å²) in [4.78, 5) is 15.4. The molecule has 29 heavy (non-hydrogen) atoms. The van der Waals surface area contributed by atoms with Gasteiger partial charge in [-0.25, -0.2) is 4.79 Å². The lowest BCUT2D eigenvalue weighted by molar-refractivity contribution is -0.973. The van der Waals surface area contributed by atoms with Crippen molar-refractivity contribution in [1.29, 1.82) is 0 Å². The lowest BCUT2D eigenvalue weighted by atomic mass is 9.81. The summed E-state index contributed by atoms with van der Waals surface area (Å²) in [5, 5.41) is 7.81. The van der Waals surface area contributed by atoms with E-state index in [4.69, 9.17) is 0 Å². The fraction of sp³-hybridized carbons (Fsp3) is 0.476. The molecule has 3 N–H and O–H groups in total. The second-order valence-electron chi connectivity index (χ2n) is 8.00. The maximum absolute atomic E-state index is 12.7. The molecule has 1 aromatic carbocycles. The van der Waals surface area contributed by atoms with Crippen molar-refractivity contribution in [2.75, 3.05) is 5.32 Å². The van der Waals surface area contributed by atoms with Gasteiger partial charge in [0.15, 0.2) is 0 Å². The van der Waals surface area contributed by atoms with Gasteiger partial charge in [-0.15, -0.1) is 11.3 Å². The summed E-state index contributed by atoms with van der Waals surface area (Å²) < 4.78 is 38.0. The average Bonchev–Trinajstić information content (AvgIpc) is 3.15. The maximum Gasteiger partial charge on any atom is 0.416 e. The van der Waals surface area contributed by atoms with E-state index in [1.165, 1.54) is 36.3 Å². The fourth-order valence-corrected chi connectivity index (χ4v) is 5.49. The molecule has 2 bridgehead atoms. The third-order valence-electron chi connectivity index (χ3n) is 6.06. The normalized spacial score (nSPS) is 26.7. The summed E-state index contributed by atoms with van der Waals surface area (Å²) >= 11 is 1.80. The van der Waals surface area contributed by atoms with Crippen LogP contribution < -0.4 is 15.5 Å². The zero-order valence-electron chi connectivity index (χ0n) is 16.0. The predicted octanol–water partition coefficient (Wildman–Crippen LogP) is 4.06. The molecular weight excluding hydrogens is 399 g/mol. The number of rotatable bonds is 4. The van der Waals surface area contributed by atoms with Crippen LogP contribution in [0.5, 0.6) is 0 Å². The minimum absolute atomic E-state index is 0.104. The summed E-state index contributed by atoms with van der Waals surface area (Å²) in [6.45, 7) is 1.05. The molecule has 3 heterocycles. The Labute approximate surface area is 172 Å². The van der Waals surface area contributed by atoms with Gasteiger partial charge < -0.3 is 15.5 Å². The van der Waals surface area contributed by atoms with Gasteiger partial charge in [-0.3, -0.25) is 0 Å². The second kappa shape index (κ2) is 8.36. The molecule has 2 amide bonds. The van der Waals surface area contributed by atoms with Crippen LogP contribution >= 0.6 is 11.3 Å². The van der Waals surface area contributed by atoms with Crippen molar-refractivity contribution in [3.8, 4) is 0 Å². The minimum atomic E-state index is -4.38. The molecule has 2 aliphatic rings. The van der Waals surface area contributed by atoms with Crippen molar-refractivity contribution in [1.82, 2.24) is 5.32 Å². The first-order chi connectivity index (χ1) is 13.9. The van der Waals surface area contributed by atoms with Crippen molar-refractivity contribution >= 4 is 23.1 Å². The first-order valence-corrected chi connectivity index (χ1v) is 10.9. The Balaban J connectivity index is 1.32. The van der Waals surface area contributed by atoms with E-state index in [-0.39, 0.29) is 12.1 Å². The number of piperidine rings is 2. The fourth-order valence-electron chi connectivity index (χ4n) is 4.75. The van der Waals surface area contributed by atoms with Crippen LogP contribution in [0, 0.1) is 0 Å². The first-order valence-electron chi connectivity index (χ1n) is 10.0. The SMILES string of the molecule is O=C(Nc1ccc(C(F)(F)F)cc1)NC1C[C@H]2CCC[C@@H](C1)[NH+]2Cc1cccs1. The van der Waals surface area contributed by atoms with Gasteiger partial charge in [-0.2, -0.15) is 13.2 Å². The smallest absolute Gasteiger partial charge is 0.335 e. The van der Waals surface area contributed by atoms with E-state index in [1.807, 2.05) is 0 Å². The lowest BCUT2D eigenvalue weighted by Crippen LogP contribution is -3.20. The number of fused-ring (bicyclic) bond motifs is 2. The quantitative estimate of drug-likeness (QED) is 0.681. The number of alkyl halides is 3. The zero-order valence-corrected chi connectivity index (χ0v) is 16.8. The number of benzene rings is 1. The second-order valence-corrected chi connectivity index (χ2v) is 9.03. The Morgan fingerprint density at radius 2 is 1.79 bits per heavy atom. The largest absolute Gasteiger partial charge is 0.416 e. The van der Waals surface area contributed by atoms with Gasteiger partial charge in [-0.05, 0) is 55.0 Å². The lowest BCUT2D eigenvalue weighted by Gasteiger charge is -2.45. The van der Waals surface area contributed by atoms with E-state index in [0.717, 1.165) is 31.5 Å². The maximum atomic E-state index is 12.7. The van der Waals surface area contributed by atoms with Crippen molar-refractivity contribution < 1.29 is 22.9 Å². The van der Waals surface area contributed by atoms with Crippen LogP contribution in [0.25, 0.3) is 0 Å². The Bertz CT molecular complexity index is 809. The highest BCUT2D eigenvalue weighted by Crippen LogP contribution is 2.30. The monoisotopic (exact) mass is 424 g/mol. The molecular formula is C21H25F3N3OS+. The van der Waals surface area contributed by atoms with Gasteiger partial charge in [0.25, 0.3) is 0 Å². The molecule has 156 valence electrons. The number of halogens is 3. The van der Waals surface area contributed by atoms with E-state index in [2.05, 4.69) is 28.1 Å². The highest BCUT2D eigenvalue weighted by molar-refractivity contribution is 7.09. The number of carbonyl (C=O) groups is 1. The van der Waals surface area contributed by atoms with Crippen LogP contribution in [0.3, 0.4) is 0 Å². The highest BCUT2D eigenvalue weighted by Gasteiger charge is 2.42. The van der Waals surface area contributed by atoms with E-state index < -0.39 is 11.7 Å². The Hall–Kier alpha value is -2.06. The molecule has 2 saturated heterocycles. The summed E-state index contributed by atoms with van der Waals surface area (Å²) in [5.74, 6) is 0. The molecule has 2 aromatic rings. The van der Waals surface area contributed by atoms with E-state index >= 15 is 0 Å². The topological polar surface area (TPSA) is 45.6 Å². The number of hydrogen-bond acceptors (Lipinski definition) is 2. The molecule has 4 atom stereocenters. The number of thiophene rings is 1. The molecule has 8 heteroatoms. The number of hydrogen-bond donors (Lipinski definition) is 3. The number of urea groups is 1. The van der Waals surface area contributed by atoms with Crippen molar-refractivity contribution in [3.63, 3.8) is 0 Å². The van der Waals surface area contributed by atoms with Gasteiger partial charge in [0, 0.05) is 24.6 Å². The van der Waals surface area contributed by atoms with Crippen LogP contribution in [0.1, 0.15) is 42.5 Å². The van der Waals surface area contributed by atoms with Gasteiger partial charge >= 0.3 is 12.2 Å². The molecule has 4 nitrogen and oxygen atoms in total. The van der Waals surface area contributed by atoms with E-state index in [1.54, 1.807) is 16.2 Å². The van der Waals surface area contributed by atoms with E-state index in [0.29, 0.717) is 17.8 Å². The number of amides is 2. The van der Waals surface area contributed by atoms with Crippen LogP contribution in [0.2, 0.25) is 0 Å². The van der Waals surface area contributed by atoms with Crippen molar-refractivity contribution in [2.45, 2.75) is 63.0 Å². The zero-order chi connectivity index (χ0) is 20.4. The molecule has 0 aliphatic carbocycles. The van der Waals surface area contributed by atoms with Gasteiger partial charge in [0.2, 0.25) is 0 Å². The molecule has 0 saturated carbocycles. The molecule has 1 aromatic heterocycles. The first kappa shape index (κ1) is 20.2. The molecule has 0 radical (unpaired) electrons. The highest BCUT2D eigenvalue weighted by atomic mass is 32.1. The summed E-state index contributed by atoms with van der Waals surface area (Å²) in [5.41, 5.74) is -0.367. The van der Waals surface area contributed by atoms with Crippen LogP contribution in [-0.4, -0.2) is 24.2 Å². The summed E-state index contributed by atoms with van der Waals surface area (Å²) in [7, 11) is 0. The molecule has 2 unspecified atom stereocenters. The molecule has 0 spiro atoms. The molecule has 2 aliphatic heterocycles. The summed E-state index contributed by atoms with van der Waals surface area (Å²) in [6, 6.07) is 9.64. The average molecular weight is 425 g/mol. The van der Waals surface area contributed by atoms with E-state index in [9.17, 15) is 18.0 Å². The molecule has 4 rings (SSSR count). The van der Waals surface area contributed by atoms with Crippen molar-refractivity contribution in [3.05, 3.63) is 52.2 Å². The standard InChI is InChI=1S/C21H24F3N3OS/c22-21(23,24)14-6-8-15(9-7-14)25-20(28)26-16-11-17-3-1-4-18(12-16)27(17)13-19-5-2-10-29-19/h2,5-10,16-18H,1,3-4,11-13H2,(H2,25,26,28)/p+1/t16?,17-,18+. The Morgan fingerprint density at radius 3 is 2.38 bits per heavy atom. The van der Waals surface area contributed by atoms with Crippen molar-refractivity contribution in [2.24, 2.45) is 0 Å². The van der Waals surface area contributed by atoms with Gasteiger partial charge in [0.1, 0.15) is 6.54 Å². The summed E-state index contributed by atoms with van der Waals surface area (Å²) in [6.07, 6.45) is 1.10. The third kappa shape index (κ3) is 4.93. The van der Waals surface area contributed by atoms with Crippen LogP contribution in [-0.2, 0) is 12.7 Å². The number of anilines is 1. The molecule has 2 fully saturated rings. The number of nitrogens with one attached hydrogen (secondary N) is 3. The van der Waals surface area contributed by atoms with Crippen LogP contribution in [0.15, 0.2) is 41.8 Å². The predicted molar refractivity (Wildman–Crippen MR) is 107 cm³/mol. The Kier molecular flexibility index (Phi) is 5.83. The van der Waals surface area contributed by atoms with Gasteiger partial charge in [0.05, 0.1) is 22.5 Å². The van der Waals surface area contributed by atoms with Crippen LogP contribution in [0.4, 0.5) is 23.7 Å². The van der Waals surface area contributed by atoms with Gasteiger partial charge in [-0.1, -0.05) is 6.07 Å².